The number of nitrogens with one attached hydrogen (secondary N) is 1. The first-order chi connectivity index (χ1) is 9.27. The van der Waals surface area contributed by atoms with Crippen molar-refractivity contribution in [2.75, 3.05) is 5.32 Å². The Morgan fingerprint density at radius 2 is 1.90 bits per heavy atom. The Morgan fingerprint density at radius 3 is 2.45 bits per heavy atom. The number of nitrogens with two attached hydrogens (primary N) is 1. The van der Waals surface area contributed by atoms with Gasteiger partial charge in [-0.2, -0.15) is 0 Å². The molecule has 1 unspecified atom stereocenters. The Balaban J connectivity index is 2.26. The molecule has 2 aromatic rings. The van der Waals surface area contributed by atoms with Crippen LogP contribution in [-0.2, 0) is 10.0 Å². The second kappa shape index (κ2) is 5.30. The summed E-state index contributed by atoms with van der Waals surface area (Å²) in [5.74, 6) is 1.63. The molecule has 0 saturated heterocycles. The highest BCUT2D eigenvalue weighted by Crippen LogP contribution is 2.24. The van der Waals surface area contributed by atoms with Crippen LogP contribution >= 0.6 is 0 Å². The predicted octanol–water partition coefficient (Wildman–Crippen LogP) is 2.72. The average Bonchev–Trinajstić information content (AvgIpc) is 2.77. The van der Waals surface area contributed by atoms with Crippen LogP contribution in [0.2, 0.25) is 0 Å². The summed E-state index contributed by atoms with van der Waals surface area (Å²) in [7, 11) is -3.72. The van der Waals surface area contributed by atoms with Crippen LogP contribution < -0.4 is 10.5 Å². The van der Waals surface area contributed by atoms with Crippen molar-refractivity contribution in [3.05, 3.63) is 47.4 Å². The standard InChI is InChI=1S/C14H18N2O3S/c1-9-4-6-12(8-14(9)20(15,17)18)16-11(3)13-7-5-10(2)19-13/h4-8,11,16H,1-3H3,(H2,15,17,18). The fourth-order valence-corrected chi connectivity index (χ4v) is 2.81. The number of hydrogen-bond donors (Lipinski definition) is 2. The fourth-order valence-electron chi connectivity index (χ4n) is 2.00. The molecule has 0 radical (unpaired) electrons. The summed E-state index contributed by atoms with van der Waals surface area (Å²) in [5, 5.41) is 8.40. The van der Waals surface area contributed by atoms with E-state index in [1.807, 2.05) is 32.0 Å². The minimum atomic E-state index is -3.72. The van der Waals surface area contributed by atoms with Crippen molar-refractivity contribution in [2.24, 2.45) is 5.14 Å². The van der Waals surface area contributed by atoms with E-state index in [1.54, 1.807) is 13.0 Å². The maximum atomic E-state index is 11.5. The van der Waals surface area contributed by atoms with Gasteiger partial charge in [-0.3, -0.25) is 0 Å². The van der Waals surface area contributed by atoms with Crippen LogP contribution in [0.25, 0.3) is 0 Å². The van der Waals surface area contributed by atoms with Crippen molar-refractivity contribution in [1.29, 1.82) is 0 Å². The molecule has 0 aliphatic heterocycles. The molecule has 0 aliphatic rings. The van der Waals surface area contributed by atoms with Crippen molar-refractivity contribution < 1.29 is 12.8 Å². The number of hydrogen-bond acceptors (Lipinski definition) is 4. The van der Waals surface area contributed by atoms with Gasteiger partial charge in [-0.05, 0) is 50.6 Å². The summed E-state index contributed by atoms with van der Waals surface area (Å²) >= 11 is 0. The Morgan fingerprint density at radius 1 is 1.20 bits per heavy atom. The zero-order valence-electron chi connectivity index (χ0n) is 11.7. The maximum Gasteiger partial charge on any atom is 0.238 e. The lowest BCUT2D eigenvalue weighted by molar-refractivity contribution is 0.467. The van der Waals surface area contributed by atoms with Crippen LogP contribution in [-0.4, -0.2) is 8.42 Å². The monoisotopic (exact) mass is 294 g/mol. The molecule has 0 aliphatic carbocycles. The molecule has 108 valence electrons. The molecular weight excluding hydrogens is 276 g/mol. The van der Waals surface area contributed by atoms with Crippen LogP contribution in [0.4, 0.5) is 5.69 Å². The summed E-state index contributed by atoms with van der Waals surface area (Å²) in [5.41, 5.74) is 1.31. The number of benzene rings is 1. The van der Waals surface area contributed by atoms with Crippen molar-refractivity contribution >= 4 is 15.7 Å². The molecule has 1 aromatic heterocycles. The van der Waals surface area contributed by atoms with Gasteiger partial charge in [0, 0.05) is 5.69 Å². The zero-order chi connectivity index (χ0) is 14.9. The van der Waals surface area contributed by atoms with E-state index in [0.717, 1.165) is 11.5 Å². The highest BCUT2D eigenvalue weighted by Gasteiger charge is 2.14. The summed E-state index contributed by atoms with van der Waals surface area (Å²) in [6.45, 7) is 5.53. The van der Waals surface area contributed by atoms with Gasteiger partial charge in [-0.1, -0.05) is 6.07 Å². The summed E-state index contributed by atoms with van der Waals surface area (Å²) in [6.07, 6.45) is 0. The third kappa shape index (κ3) is 3.20. The fraction of sp³-hybridized carbons (Fsp3) is 0.286. The summed E-state index contributed by atoms with van der Waals surface area (Å²) in [4.78, 5) is 0.130. The molecule has 2 rings (SSSR count). The van der Waals surface area contributed by atoms with E-state index in [2.05, 4.69) is 5.32 Å². The second-order valence-electron chi connectivity index (χ2n) is 4.84. The lowest BCUT2D eigenvalue weighted by atomic mass is 10.2. The number of anilines is 1. The van der Waals surface area contributed by atoms with Crippen molar-refractivity contribution in [3.8, 4) is 0 Å². The van der Waals surface area contributed by atoms with Gasteiger partial charge in [-0.25, -0.2) is 13.6 Å². The zero-order valence-corrected chi connectivity index (χ0v) is 12.5. The van der Waals surface area contributed by atoms with E-state index in [1.165, 1.54) is 6.07 Å². The topological polar surface area (TPSA) is 85.3 Å². The molecule has 3 N–H and O–H groups in total. The van der Waals surface area contributed by atoms with Crippen LogP contribution in [0.15, 0.2) is 39.6 Å². The first-order valence-electron chi connectivity index (χ1n) is 6.23. The van der Waals surface area contributed by atoms with Gasteiger partial charge in [0.25, 0.3) is 0 Å². The van der Waals surface area contributed by atoms with E-state index in [9.17, 15) is 8.42 Å². The molecule has 0 spiro atoms. The molecule has 1 heterocycles. The van der Waals surface area contributed by atoms with E-state index in [0.29, 0.717) is 11.3 Å². The molecule has 6 heteroatoms. The summed E-state index contributed by atoms with van der Waals surface area (Å²) in [6, 6.07) is 8.79. The maximum absolute atomic E-state index is 11.5. The Kier molecular flexibility index (Phi) is 3.87. The lowest BCUT2D eigenvalue weighted by Crippen LogP contribution is -2.14. The molecule has 0 amide bonds. The smallest absolute Gasteiger partial charge is 0.238 e. The van der Waals surface area contributed by atoms with E-state index in [4.69, 9.17) is 9.56 Å². The second-order valence-corrected chi connectivity index (χ2v) is 6.37. The number of furan rings is 1. The third-order valence-corrected chi connectivity index (χ3v) is 4.12. The van der Waals surface area contributed by atoms with Gasteiger partial charge >= 0.3 is 0 Å². The van der Waals surface area contributed by atoms with Gasteiger partial charge < -0.3 is 9.73 Å². The van der Waals surface area contributed by atoms with Crippen molar-refractivity contribution in [1.82, 2.24) is 0 Å². The highest BCUT2D eigenvalue weighted by atomic mass is 32.2. The van der Waals surface area contributed by atoms with Crippen LogP contribution in [0, 0.1) is 13.8 Å². The first-order valence-corrected chi connectivity index (χ1v) is 7.78. The van der Waals surface area contributed by atoms with Gasteiger partial charge in [0.05, 0.1) is 10.9 Å². The lowest BCUT2D eigenvalue weighted by Gasteiger charge is -2.14. The number of primary sulfonamides is 1. The molecule has 0 fully saturated rings. The molecular formula is C14H18N2O3S. The predicted molar refractivity (Wildman–Crippen MR) is 78.0 cm³/mol. The van der Waals surface area contributed by atoms with Crippen LogP contribution in [0.1, 0.15) is 30.0 Å². The summed E-state index contributed by atoms with van der Waals surface area (Å²) < 4.78 is 28.5. The largest absolute Gasteiger partial charge is 0.464 e. The highest BCUT2D eigenvalue weighted by molar-refractivity contribution is 7.89. The van der Waals surface area contributed by atoms with Crippen molar-refractivity contribution in [3.63, 3.8) is 0 Å². The normalized spacial score (nSPS) is 13.2. The van der Waals surface area contributed by atoms with Gasteiger partial charge in [0.2, 0.25) is 10.0 Å². The number of aryl methyl sites for hydroxylation is 2. The molecule has 1 atom stereocenters. The van der Waals surface area contributed by atoms with Crippen LogP contribution in [0.3, 0.4) is 0 Å². The Hall–Kier alpha value is -1.79. The molecule has 1 aromatic carbocycles. The molecule has 0 bridgehead atoms. The SMILES string of the molecule is Cc1ccc(C(C)Nc2ccc(C)c(S(N)(=O)=O)c2)o1. The molecule has 0 saturated carbocycles. The Labute approximate surface area is 118 Å². The molecule has 5 nitrogen and oxygen atoms in total. The molecule has 20 heavy (non-hydrogen) atoms. The van der Waals surface area contributed by atoms with Gasteiger partial charge in [0.1, 0.15) is 11.5 Å². The van der Waals surface area contributed by atoms with Crippen LogP contribution in [0.5, 0.6) is 0 Å². The van der Waals surface area contributed by atoms with E-state index < -0.39 is 10.0 Å². The van der Waals surface area contributed by atoms with Crippen molar-refractivity contribution in [2.45, 2.75) is 31.7 Å². The quantitative estimate of drug-likeness (QED) is 0.908. The van der Waals surface area contributed by atoms with E-state index in [-0.39, 0.29) is 10.9 Å². The average molecular weight is 294 g/mol. The van der Waals surface area contributed by atoms with Gasteiger partial charge in [-0.15, -0.1) is 0 Å². The Bertz CT molecular complexity index is 720. The first kappa shape index (κ1) is 14.6. The minimum absolute atomic E-state index is 0.0697. The number of rotatable bonds is 4. The van der Waals surface area contributed by atoms with E-state index >= 15 is 0 Å². The van der Waals surface area contributed by atoms with Gasteiger partial charge in [0.15, 0.2) is 0 Å². The minimum Gasteiger partial charge on any atom is -0.464 e. The number of sulfonamides is 1. The third-order valence-electron chi connectivity index (χ3n) is 3.07.